The first kappa shape index (κ1) is 18.4. The molecule has 152 valence electrons. The van der Waals surface area contributed by atoms with E-state index in [1.807, 2.05) is 24.2 Å². The molecule has 1 saturated heterocycles. The molecular weight excluding hydrogens is 368 g/mol. The smallest absolute Gasteiger partial charge is 0.254 e. The lowest BCUT2D eigenvalue weighted by Crippen LogP contribution is -2.58. The summed E-state index contributed by atoms with van der Waals surface area (Å²) in [6, 6.07) is 8.02. The van der Waals surface area contributed by atoms with E-state index in [-0.39, 0.29) is 23.8 Å². The fourth-order valence-electron chi connectivity index (χ4n) is 5.16. The van der Waals surface area contributed by atoms with Gasteiger partial charge in [-0.2, -0.15) is 5.10 Å². The van der Waals surface area contributed by atoms with Crippen LogP contribution < -0.4 is 0 Å². The molecule has 0 unspecified atom stereocenters. The first-order valence-electron chi connectivity index (χ1n) is 10.2. The number of ether oxygens (including phenoxy) is 1. The highest BCUT2D eigenvalue weighted by molar-refractivity contribution is 5.86. The fourth-order valence-corrected chi connectivity index (χ4v) is 5.16. The van der Waals surface area contributed by atoms with Crippen LogP contribution in [-0.4, -0.2) is 57.7 Å². The number of benzene rings is 1. The molecule has 2 aromatic rings. The summed E-state index contributed by atoms with van der Waals surface area (Å²) in [5.41, 5.74) is 3.52. The van der Waals surface area contributed by atoms with Crippen LogP contribution in [0.25, 0.3) is 0 Å². The van der Waals surface area contributed by atoms with E-state index in [1.54, 1.807) is 22.8 Å². The minimum absolute atomic E-state index is 0.0426. The van der Waals surface area contributed by atoms with E-state index in [1.165, 1.54) is 17.5 Å². The minimum Gasteiger partial charge on any atom is -0.356 e. The molecule has 3 aliphatic rings. The molecule has 5 rings (SSSR count). The summed E-state index contributed by atoms with van der Waals surface area (Å²) in [5.74, 6) is -0.165. The lowest BCUT2D eigenvalue weighted by atomic mass is 9.61. The molecule has 0 N–H and O–H groups in total. The number of fused-ring (bicyclic) bond motifs is 2. The first-order chi connectivity index (χ1) is 14.0. The molecule has 29 heavy (non-hydrogen) atoms. The van der Waals surface area contributed by atoms with E-state index in [0.29, 0.717) is 6.54 Å². The Morgan fingerprint density at radius 3 is 2.72 bits per heavy atom. The maximum absolute atomic E-state index is 13.7. The van der Waals surface area contributed by atoms with Crippen molar-refractivity contribution in [2.24, 2.45) is 7.05 Å². The molecule has 2 atom stereocenters. The van der Waals surface area contributed by atoms with Gasteiger partial charge < -0.3 is 14.5 Å². The van der Waals surface area contributed by atoms with E-state index < -0.39 is 12.1 Å². The maximum Gasteiger partial charge on any atom is 0.254 e. The Labute approximate surface area is 170 Å². The zero-order valence-corrected chi connectivity index (χ0v) is 16.9. The maximum atomic E-state index is 13.7. The van der Waals surface area contributed by atoms with Crippen molar-refractivity contribution in [3.63, 3.8) is 0 Å². The van der Waals surface area contributed by atoms with Crippen molar-refractivity contribution in [3.8, 4) is 0 Å². The van der Waals surface area contributed by atoms with Crippen LogP contribution in [0.3, 0.4) is 0 Å². The Hall–Kier alpha value is -2.67. The fraction of sp³-hybridized carbons (Fsp3) is 0.500. The average Bonchev–Trinajstić information content (AvgIpc) is 3.13. The quantitative estimate of drug-likeness (QED) is 0.779. The van der Waals surface area contributed by atoms with Crippen molar-refractivity contribution in [2.45, 2.75) is 43.4 Å². The first-order valence-corrected chi connectivity index (χ1v) is 10.2. The van der Waals surface area contributed by atoms with E-state index in [9.17, 15) is 9.59 Å². The highest BCUT2D eigenvalue weighted by Crippen LogP contribution is 2.48. The summed E-state index contributed by atoms with van der Waals surface area (Å²) in [4.78, 5) is 29.5. The second kappa shape index (κ2) is 6.69. The number of likely N-dealkylation sites (N-methyl/N-ethyl adjacent to an activating group) is 1. The monoisotopic (exact) mass is 394 g/mol. The van der Waals surface area contributed by atoms with Gasteiger partial charge in [0.25, 0.3) is 5.91 Å². The SMILES string of the molecule is CN1C(=O)CO[C@@H](C(=O)N2Cc3ccccc3C3(CCC3)C2)[C@@H]1c1cnn(C)c1. The normalized spacial score (nSPS) is 25.7. The summed E-state index contributed by atoms with van der Waals surface area (Å²) in [7, 11) is 3.56. The van der Waals surface area contributed by atoms with Gasteiger partial charge in [0.2, 0.25) is 5.91 Å². The van der Waals surface area contributed by atoms with Gasteiger partial charge in [-0.15, -0.1) is 0 Å². The average molecular weight is 394 g/mol. The van der Waals surface area contributed by atoms with Gasteiger partial charge in [0.1, 0.15) is 6.61 Å². The van der Waals surface area contributed by atoms with Gasteiger partial charge in [-0.3, -0.25) is 14.3 Å². The summed E-state index contributed by atoms with van der Waals surface area (Å²) >= 11 is 0. The molecule has 1 saturated carbocycles. The van der Waals surface area contributed by atoms with Crippen molar-refractivity contribution < 1.29 is 14.3 Å². The summed E-state index contributed by atoms with van der Waals surface area (Å²) in [6.45, 7) is 1.24. The summed E-state index contributed by atoms with van der Waals surface area (Å²) < 4.78 is 7.53. The van der Waals surface area contributed by atoms with Gasteiger partial charge in [0, 0.05) is 44.4 Å². The topological polar surface area (TPSA) is 67.7 Å². The number of nitrogens with zero attached hydrogens (tertiary/aromatic N) is 4. The van der Waals surface area contributed by atoms with Crippen LogP contribution in [-0.2, 0) is 33.3 Å². The predicted molar refractivity (Wildman–Crippen MR) is 106 cm³/mol. The standard InChI is InChI=1S/C22H26N4O3/c1-24-11-16(10-23-24)19-20(29-13-18(27)25(19)2)21(28)26-12-15-6-3-4-7-17(15)22(14-26)8-5-9-22/h3-4,6-7,10-11,19-20H,5,8-9,12-14H2,1-2H3/t19-,20+/m0/s1. The van der Waals surface area contributed by atoms with Crippen molar-refractivity contribution in [1.82, 2.24) is 19.6 Å². The van der Waals surface area contributed by atoms with E-state index in [2.05, 4.69) is 23.3 Å². The zero-order chi connectivity index (χ0) is 20.2. The highest BCUT2D eigenvalue weighted by Gasteiger charge is 2.48. The molecule has 1 aromatic carbocycles. The van der Waals surface area contributed by atoms with E-state index in [4.69, 9.17) is 4.74 Å². The molecule has 1 spiro atoms. The minimum atomic E-state index is -0.718. The molecule has 7 heteroatoms. The lowest BCUT2D eigenvalue weighted by Gasteiger charge is -2.51. The summed E-state index contributed by atoms with van der Waals surface area (Å²) in [5, 5.41) is 4.23. The lowest BCUT2D eigenvalue weighted by molar-refractivity contribution is -0.169. The number of amides is 2. The Kier molecular flexibility index (Phi) is 4.24. The Bertz CT molecular complexity index is 964. The van der Waals surface area contributed by atoms with Gasteiger partial charge in [-0.05, 0) is 24.0 Å². The number of hydrogen-bond donors (Lipinski definition) is 0. The second-order valence-corrected chi connectivity index (χ2v) is 8.61. The van der Waals surface area contributed by atoms with Crippen LogP contribution in [0.2, 0.25) is 0 Å². The third-order valence-corrected chi connectivity index (χ3v) is 6.86. The number of aryl methyl sites for hydroxylation is 1. The molecule has 1 aromatic heterocycles. The molecule has 2 amide bonds. The molecule has 0 radical (unpaired) electrons. The van der Waals surface area contributed by atoms with Crippen LogP contribution in [0.1, 0.15) is 42.0 Å². The van der Waals surface area contributed by atoms with Gasteiger partial charge in [-0.25, -0.2) is 0 Å². The number of hydrogen-bond acceptors (Lipinski definition) is 4. The number of carbonyl (C=O) groups excluding carboxylic acids is 2. The zero-order valence-electron chi connectivity index (χ0n) is 16.9. The van der Waals surface area contributed by atoms with Crippen molar-refractivity contribution in [3.05, 3.63) is 53.3 Å². The molecule has 0 bridgehead atoms. The molecule has 3 heterocycles. The Morgan fingerprint density at radius 1 is 1.24 bits per heavy atom. The van der Waals surface area contributed by atoms with Crippen molar-refractivity contribution >= 4 is 11.8 Å². The van der Waals surface area contributed by atoms with Crippen LogP contribution in [0.4, 0.5) is 0 Å². The van der Waals surface area contributed by atoms with Crippen LogP contribution >= 0.6 is 0 Å². The predicted octanol–water partition coefficient (Wildman–Crippen LogP) is 1.78. The number of morpholine rings is 1. The second-order valence-electron chi connectivity index (χ2n) is 8.61. The van der Waals surface area contributed by atoms with E-state index in [0.717, 1.165) is 24.9 Å². The van der Waals surface area contributed by atoms with E-state index >= 15 is 0 Å². The molecule has 2 aliphatic heterocycles. The molecule has 1 aliphatic carbocycles. The van der Waals surface area contributed by atoms with Crippen LogP contribution in [0.15, 0.2) is 36.7 Å². The molecule has 2 fully saturated rings. The van der Waals surface area contributed by atoms with Gasteiger partial charge in [0.15, 0.2) is 6.10 Å². The Morgan fingerprint density at radius 2 is 2.03 bits per heavy atom. The Balaban J connectivity index is 1.47. The third-order valence-electron chi connectivity index (χ3n) is 6.86. The van der Waals surface area contributed by atoms with Gasteiger partial charge in [-0.1, -0.05) is 30.7 Å². The molecular formula is C22H26N4O3. The number of aromatic nitrogens is 2. The van der Waals surface area contributed by atoms with Crippen LogP contribution in [0.5, 0.6) is 0 Å². The number of carbonyl (C=O) groups is 2. The number of rotatable bonds is 2. The largest absolute Gasteiger partial charge is 0.356 e. The van der Waals surface area contributed by atoms with Crippen molar-refractivity contribution in [1.29, 1.82) is 0 Å². The van der Waals surface area contributed by atoms with Crippen molar-refractivity contribution in [2.75, 3.05) is 20.2 Å². The highest BCUT2D eigenvalue weighted by atomic mass is 16.5. The summed E-state index contributed by atoms with van der Waals surface area (Å²) in [6.07, 6.45) is 6.27. The third kappa shape index (κ3) is 2.87. The van der Waals surface area contributed by atoms with Gasteiger partial charge in [0.05, 0.1) is 12.2 Å². The van der Waals surface area contributed by atoms with Gasteiger partial charge >= 0.3 is 0 Å². The molecule has 7 nitrogen and oxygen atoms in total. The van der Waals surface area contributed by atoms with Crippen LogP contribution in [0, 0.1) is 0 Å².